The third-order valence-corrected chi connectivity index (χ3v) is 7.31. The summed E-state index contributed by atoms with van der Waals surface area (Å²) in [5, 5.41) is 10.9. The van der Waals surface area contributed by atoms with E-state index >= 15 is 0 Å². The van der Waals surface area contributed by atoms with Crippen LogP contribution in [0.5, 0.6) is 0 Å². The summed E-state index contributed by atoms with van der Waals surface area (Å²) in [4.78, 5) is 27.6. The molecule has 0 atom stereocenters. The smallest absolute Gasteiger partial charge is 0.289 e. The van der Waals surface area contributed by atoms with Crippen LogP contribution >= 0.6 is 23.2 Å². The predicted molar refractivity (Wildman–Crippen MR) is 114 cm³/mol. The van der Waals surface area contributed by atoms with Gasteiger partial charge in [0.1, 0.15) is 0 Å². The van der Waals surface area contributed by atoms with Gasteiger partial charge < -0.3 is 14.9 Å². The third kappa shape index (κ3) is 5.25. The first kappa shape index (κ1) is 24.4. The number of hydrogen-bond donors (Lipinski definition) is 1. The fourth-order valence-electron chi connectivity index (χ4n) is 2.84. The monoisotopic (exact) mass is 478 g/mol. The van der Waals surface area contributed by atoms with Crippen LogP contribution in [-0.4, -0.2) is 91.6 Å². The van der Waals surface area contributed by atoms with Gasteiger partial charge in [0.25, 0.3) is 22.0 Å². The number of benzene rings is 1. The first-order chi connectivity index (χ1) is 13.9. The Morgan fingerprint density at radius 1 is 1.17 bits per heavy atom. The number of rotatable bonds is 8. The van der Waals surface area contributed by atoms with Crippen molar-refractivity contribution >= 4 is 45.2 Å². The van der Waals surface area contributed by atoms with E-state index in [1.165, 1.54) is 38.0 Å². The summed E-state index contributed by atoms with van der Waals surface area (Å²) in [6.07, 6.45) is 0. The van der Waals surface area contributed by atoms with E-state index in [-0.39, 0.29) is 31.8 Å². The average molecular weight is 479 g/mol. The van der Waals surface area contributed by atoms with Gasteiger partial charge in [-0.25, -0.2) is 0 Å². The number of carbonyl (C=O) groups excluding carboxylic acids is 2. The lowest BCUT2D eigenvalue weighted by atomic mass is 10.2. The molecule has 0 unspecified atom stereocenters. The Bertz CT molecular complexity index is 981. The lowest BCUT2D eigenvalue weighted by Crippen LogP contribution is -2.42. The molecule has 0 fully saturated rings. The zero-order chi connectivity index (χ0) is 22.8. The molecule has 30 heavy (non-hydrogen) atoms. The molecule has 0 bridgehead atoms. The lowest BCUT2D eigenvalue weighted by Gasteiger charge is -2.24. The summed E-state index contributed by atoms with van der Waals surface area (Å²) < 4.78 is 26.3. The van der Waals surface area contributed by atoms with Crippen molar-refractivity contribution < 1.29 is 23.1 Å². The zero-order valence-corrected chi connectivity index (χ0v) is 19.4. The van der Waals surface area contributed by atoms with Crippen LogP contribution in [0.25, 0.3) is 0 Å². The number of aliphatic hydroxyl groups is 1. The minimum atomic E-state index is -3.63. The SMILES string of the molecule is CN(Cc1ccc(Cl)c(Cl)c1)C(=O)C1=C(O)C(=O)N(CCN(C)S(=O)(=O)N(C)C)C1. The highest BCUT2D eigenvalue weighted by atomic mass is 35.5. The van der Waals surface area contributed by atoms with Crippen molar-refractivity contribution in [2.45, 2.75) is 6.54 Å². The molecule has 1 aliphatic rings. The van der Waals surface area contributed by atoms with Crippen molar-refractivity contribution in [2.24, 2.45) is 0 Å². The quantitative estimate of drug-likeness (QED) is 0.607. The van der Waals surface area contributed by atoms with Crippen LogP contribution in [0.15, 0.2) is 29.5 Å². The normalized spacial score (nSPS) is 14.9. The Labute approximate surface area is 186 Å². The van der Waals surface area contributed by atoms with Crippen molar-refractivity contribution in [1.29, 1.82) is 0 Å². The summed E-state index contributed by atoms with van der Waals surface area (Å²) in [6, 6.07) is 4.97. The molecule has 1 heterocycles. The standard InChI is InChI=1S/C18H24Cl2N4O5S/c1-21(2)30(28,29)23(4)7-8-24-11-13(16(25)18(24)27)17(26)22(3)10-12-5-6-14(19)15(20)9-12/h5-6,9,25H,7-8,10-11H2,1-4H3. The number of hydrogen-bond acceptors (Lipinski definition) is 5. The van der Waals surface area contributed by atoms with E-state index in [1.54, 1.807) is 18.2 Å². The van der Waals surface area contributed by atoms with E-state index in [0.717, 1.165) is 14.2 Å². The molecule has 0 saturated carbocycles. The van der Waals surface area contributed by atoms with Crippen LogP contribution in [-0.2, 0) is 26.3 Å². The molecular formula is C18H24Cl2N4O5S. The highest BCUT2D eigenvalue weighted by Gasteiger charge is 2.35. The van der Waals surface area contributed by atoms with Gasteiger partial charge in [-0.2, -0.15) is 17.0 Å². The van der Waals surface area contributed by atoms with Crippen LogP contribution in [0.4, 0.5) is 0 Å². The number of carbonyl (C=O) groups is 2. The van der Waals surface area contributed by atoms with Gasteiger partial charge in [-0.3, -0.25) is 9.59 Å². The summed E-state index contributed by atoms with van der Waals surface area (Å²) in [6.45, 7) is 0.134. The van der Waals surface area contributed by atoms with Gasteiger partial charge in [-0.15, -0.1) is 0 Å². The van der Waals surface area contributed by atoms with E-state index in [0.29, 0.717) is 10.0 Å². The molecule has 12 heteroatoms. The Morgan fingerprint density at radius 2 is 1.80 bits per heavy atom. The van der Waals surface area contributed by atoms with Crippen molar-refractivity contribution in [3.8, 4) is 0 Å². The molecule has 0 aromatic heterocycles. The third-order valence-electron chi connectivity index (χ3n) is 4.67. The van der Waals surface area contributed by atoms with E-state index in [1.807, 2.05) is 0 Å². The van der Waals surface area contributed by atoms with Gasteiger partial charge in [0.15, 0.2) is 5.76 Å². The molecular weight excluding hydrogens is 455 g/mol. The van der Waals surface area contributed by atoms with Gasteiger partial charge in [-0.05, 0) is 17.7 Å². The number of amides is 2. The van der Waals surface area contributed by atoms with Crippen LogP contribution < -0.4 is 0 Å². The first-order valence-electron chi connectivity index (χ1n) is 8.90. The second-order valence-electron chi connectivity index (χ2n) is 7.08. The maximum absolute atomic E-state index is 12.7. The van der Waals surface area contributed by atoms with Gasteiger partial charge in [-0.1, -0.05) is 29.3 Å². The van der Waals surface area contributed by atoms with Gasteiger partial charge in [0.05, 0.1) is 22.2 Å². The second-order valence-corrected chi connectivity index (χ2v) is 10.1. The summed E-state index contributed by atoms with van der Waals surface area (Å²) in [7, 11) is 2.11. The maximum Gasteiger partial charge on any atom is 0.289 e. The zero-order valence-electron chi connectivity index (χ0n) is 17.1. The number of halogens is 2. The highest BCUT2D eigenvalue weighted by Crippen LogP contribution is 2.24. The molecule has 0 saturated heterocycles. The highest BCUT2D eigenvalue weighted by molar-refractivity contribution is 7.86. The van der Waals surface area contributed by atoms with Gasteiger partial charge in [0.2, 0.25) is 0 Å². The summed E-state index contributed by atoms with van der Waals surface area (Å²) >= 11 is 11.9. The molecule has 9 nitrogen and oxygen atoms in total. The maximum atomic E-state index is 12.7. The molecule has 1 aliphatic heterocycles. The van der Waals surface area contributed by atoms with Crippen LogP contribution in [0.1, 0.15) is 5.56 Å². The van der Waals surface area contributed by atoms with Crippen molar-refractivity contribution in [3.63, 3.8) is 0 Å². The minimum Gasteiger partial charge on any atom is -0.503 e. The summed E-state index contributed by atoms with van der Waals surface area (Å²) in [5.74, 6) is -1.85. The average Bonchev–Trinajstić information content (AvgIpc) is 2.96. The molecule has 2 rings (SSSR count). The molecule has 0 spiro atoms. The molecule has 1 aromatic rings. The van der Waals surface area contributed by atoms with E-state index in [2.05, 4.69) is 0 Å². The first-order valence-corrected chi connectivity index (χ1v) is 11.1. The topological polar surface area (TPSA) is 101 Å². The number of nitrogens with zero attached hydrogens (tertiary/aromatic N) is 4. The van der Waals surface area contributed by atoms with Gasteiger partial charge in [0, 0.05) is 47.8 Å². The molecule has 0 radical (unpaired) electrons. The Kier molecular flexibility index (Phi) is 7.75. The van der Waals surface area contributed by atoms with E-state index in [4.69, 9.17) is 23.2 Å². The van der Waals surface area contributed by atoms with Gasteiger partial charge >= 0.3 is 0 Å². The van der Waals surface area contributed by atoms with Crippen molar-refractivity contribution in [1.82, 2.24) is 18.4 Å². The van der Waals surface area contributed by atoms with Crippen LogP contribution in [0, 0.1) is 0 Å². The lowest BCUT2D eigenvalue weighted by molar-refractivity contribution is -0.128. The van der Waals surface area contributed by atoms with E-state index in [9.17, 15) is 23.1 Å². The second kappa shape index (κ2) is 9.52. The van der Waals surface area contributed by atoms with Crippen molar-refractivity contribution in [3.05, 3.63) is 45.1 Å². The molecule has 166 valence electrons. The fraction of sp³-hybridized carbons (Fsp3) is 0.444. The number of likely N-dealkylation sites (N-methyl/N-ethyl adjacent to an activating group) is 2. The molecule has 1 N–H and O–H groups in total. The molecule has 2 amide bonds. The Hall–Kier alpha value is -1.85. The Morgan fingerprint density at radius 3 is 2.37 bits per heavy atom. The van der Waals surface area contributed by atoms with E-state index < -0.39 is 27.8 Å². The number of aliphatic hydroxyl groups excluding tert-OH is 1. The molecule has 0 aliphatic carbocycles. The van der Waals surface area contributed by atoms with Crippen LogP contribution in [0.2, 0.25) is 10.0 Å². The largest absolute Gasteiger partial charge is 0.503 e. The Balaban J connectivity index is 2.03. The predicted octanol–water partition coefficient (Wildman–Crippen LogP) is 1.34. The van der Waals surface area contributed by atoms with Crippen LogP contribution in [0.3, 0.4) is 0 Å². The minimum absolute atomic E-state index is 0.0140. The molecule has 1 aromatic carbocycles. The summed E-state index contributed by atoms with van der Waals surface area (Å²) in [5.41, 5.74) is 0.692. The fourth-order valence-corrected chi connectivity index (χ4v) is 4.03. The van der Waals surface area contributed by atoms with Crippen molar-refractivity contribution in [2.75, 3.05) is 47.8 Å².